The predicted molar refractivity (Wildman–Crippen MR) is 104 cm³/mol. The summed E-state index contributed by atoms with van der Waals surface area (Å²) < 4.78 is 10.8. The monoisotopic (exact) mass is 353 g/mol. The molecule has 1 N–H and O–H groups in total. The molecule has 0 aliphatic rings. The van der Waals surface area contributed by atoms with Gasteiger partial charge < -0.3 is 14.5 Å². The fourth-order valence-electron chi connectivity index (χ4n) is 2.33. The molecule has 1 heterocycles. The Kier molecular flexibility index (Phi) is 5.82. The summed E-state index contributed by atoms with van der Waals surface area (Å²) in [7, 11) is 0. The molecule has 1 aromatic carbocycles. The number of carbonyl (C=O) groups excluding carboxylic acids is 1. The maximum absolute atomic E-state index is 11.7. The number of benzene rings is 1. The van der Waals surface area contributed by atoms with Crippen LogP contribution >= 0.6 is 0 Å². The minimum atomic E-state index is -0.521. The first-order valence-electron chi connectivity index (χ1n) is 8.70. The van der Waals surface area contributed by atoms with Crippen LogP contribution in [0.2, 0.25) is 0 Å². The van der Waals surface area contributed by atoms with Gasteiger partial charge in [-0.3, -0.25) is 0 Å². The van der Waals surface area contributed by atoms with Crippen molar-refractivity contribution in [3.8, 4) is 23.2 Å². The van der Waals surface area contributed by atoms with Gasteiger partial charge >= 0.3 is 6.09 Å². The Balaban J connectivity index is 2.19. The highest BCUT2D eigenvalue weighted by atomic mass is 16.6. The number of carbonyl (C=O) groups is 1. The molecule has 4 heteroatoms. The van der Waals surface area contributed by atoms with Gasteiger partial charge in [-0.15, -0.1) is 0 Å². The van der Waals surface area contributed by atoms with Crippen LogP contribution in [0.4, 0.5) is 4.79 Å². The van der Waals surface area contributed by atoms with Gasteiger partial charge in [0.05, 0.1) is 12.8 Å². The van der Waals surface area contributed by atoms with E-state index in [9.17, 15) is 4.79 Å². The molecule has 0 saturated heterocycles. The van der Waals surface area contributed by atoms with Crippen LogP contribution in [-0.4, -0.2) is 18.2 Å². The summed E-state index contributed by atoms with van der Waals surface area (Å²) in [6, 6.07) is 9.98. The van der Waals surface area contributed by atoms with Gasteiger partial charge in [-0.2, -0.15) is 0 Å². The van der Waals surface area contributed by atoms with Crippen LogP contribution in [0.3, 0.4) is 0 Å². The lowest BCUT2D eigenvalue weighted by Gasteiger charge is -2.20. The van der Waals surface area contributed by atoms with Gasteiger partial charge in [-0.05, 0) is 56.0 Å². The van der Waals surface area contributed by atoms with Crippen molar-refractivity contribution in [2.45, 2.75) is 52.6 Å². The molecule has 2 rings (SSSR count). The van der Waals surface area contributed by atoms with Crippen molar-refractivity contribution < 1.29 is 13.9 Å². The van der Waals surface area contributed by atoms with Crippen LogP contribution in [0.15, 0.2) is 41.0 Å². The molecule has 0 fully saturated rings. The fourth-order valence-corrected chi connectivity index (χ4v) is 2.33. The lowest BCUT2D eigenvalue weighted by molar-refractivity contribution is 0.0535. The molecule has 0 aliphatic carbocycles. The third-order valence-electron chi connectivity index (χ3n) is 3.62. The van der Waals surface area contributed by atoms with Gasteiger partial charge in [-0.25, -0.2) is 4.79 Å². The molecule has 0 bridgehead atoms. The zero-order chi connectivity index (χ0) is 19.4. The average molecular weight is 353 g/mol. The van der Waals surface area contributed by atoms with Crippen LogP contribution in [-0.2, 0) is 10.2 Å². The maximum atomic E-state index is 11.7. The van der Waals surface area contributed by atoms with Crippen molar-refractivity contribution in [3.05, 3.63) is 47.7 Å². The van der Waals surface area contributed by atoms with Crippen LogP contribution in [0.25, 0.3) is 11.3 Å². The molecule has 4 nitrogen and oxygen atoms in total. The number of hydrogen-bond donors (Lipinski definition) is 1. The van der Waals surface area contributed by atoms with E-state index in [1.165, 1.54) is 5.56 Å². The molecule has 0 atom stereocenters. The molecule has 0 spiro atoms. The minimum Gasteiger partial charge on any atom is -0.464 e. The molecule has 138 valence electrons. The minimum absolute atomic E-state index is 0.0333. The third-order valence-corrected chi connectivity index (χ3v) is 3.62. The third kappa shape index (κ3) is 5.70. The lowest BCUT2D eigenvalue weighted by atomic mass is 9.85. The van der Waals surface area contributed by atoms with E-state index in [4.69, 9.17) is 9.15 Å². The summed E-state index contributed by atoms with van der Waals surface area (Å²) >= 11 is 0. The van der Waals surface area contributed by atoms with Gasteiger partial charge in [0, 0.05) is 11.1 Å². The smallest absolute Gasteiger partial charge is 0.408 e. The average Bonchev–Trinajstić information content (AvgIpc) is 3.03. The fraction of sp³-hybridized carbons (Fsp3) is 0.409. The molecule has 1 aromatic heterocycles. The number of nitrogens with one attached hydrogen (secondary N) is 1. The van der Waals surface area contributed by atoms with E-state index < -0.39 is 11.7 Å². The summed E-state index contributed by atoms with van der Waals surface area (Å²) in [5.74, 6) is 6.87. The Hall–Kier alpha value is -2.67. The van der Waals surface area contributed by atoms with Gasteiger partial charge in [0.15, 0.2) is 0 Å². The summed E-state index contributed by atoms with van der Waals surface area (Å²) in [6.45, 7) is 12.2. The van der Waals surface area contributed by atoms with Gasteiger partial charge in [0.25, 0.3) is 0 Å². The van der Waals surface area contributed by atoms with E-state index in [1.54, 1.807) is 6.26 Å². The quantitative estimate of drug-likeness (QED) is 0.762. The summed E-state index contributed by atoms with van der Waals surface area (Å²) in [5, 5.41) is 2.64. The summed E-state index contributed by atoms with van der Waals surface area (Å²) in [5.41, 5.74) is 2.53. The highest BCUT2D eigenvalue weighted by molar-refractivity contribution is 5.69. The molecule has 0 unspecified atom stereocenters. The molecular formula is C22H27NO3. The highest BCUT2D eigenvalue weighted by Gasteiger charge is 2.17. The number of amides is 1. The second-order valence-electron chi connectivity index (χ2n) is 8.14. The van der Waals surface area contributed by atoms with Crippen LogP contribution < -0.4 is 5.32 Å². The number of alkyl carbamates (subject to hydrolysis) is 1. The molecule has 0 saturated carbocycles. The Morgan fingerprint density at radius 1 is 1.15 bits per heavy atom. The van der Waals surface area contributed by atoms with Crippen molar-refractivity contribution in [2.24, 2.45) is 0 Å². The van der Waals surface area contributed by atoms with Crippen LogP contribution in [0.1, 0.15) is 52.7 Å². The second kappa shape index (κ2) is 7.70. The Morgan fingerprint density at radius 2 is 1.88 bits per heavy atom. The molecule has 0 radical (unpaired) electrons. The van der Waals surface area contributed by atoms with Crippen molar-refractivity contribution in [3.63, 3.8) is 0 Å². The molecule has 0 aliphatic heterocycles. The van der Waals surface area contributed by atoms with E-state index in [0.29, 0.717) is 0 Å². The van der Waals surface area contributed by atoms with Crippen LogP contribution in [0.5, 0.6) is 0 Å². The van der Waals surface area contributed by atoms with E-state index in [-0.39, 0.29) is 12.0 Å². The van der Waals surface area contributed by atoms with E-state index >= 15 is 0 Å². The molecule has 1 amide bonds. The first-order valence-corrected chi connectivity index (χ1v) is 8.70. The lowest BCUT2D eigenvalue weighted by Crippen LogP contribution is -2.32. The number of furan rings is 1. The Bertz CT molecular complexity index is 810. The predicted octanol–water partition coefficient (Wildman–Crippen LogP) is 5.12. The van der Waals surface area contributed by atoms with Crippen molar-refractivity contribution in [1.82, 2.24) is 5.32 Å². The largest absolute Gasteiger partial charge is 0.464 e. The SMILES string of the molecule is CC(C)(C)OC(=O)NCC#Cc1ccc(C(C)(C)C)cc1-c1ccco1. The first-order chi connectivity index (χ1) is 12.1. The second-order valence-corrected chi connectivity index (χ2v) is 8.14. The zero-order valence-corrected chi connectivity index (χ0v) is 16.4. The summed E-state index contributed by atoms with van der Waals surface area (Å²) in [6.07, 6.45) is 1.18. The van der Waals surface area contributed by atoms with Gasteiger partial charge in [0.2, 0.25) is 0 Å². The zero-order valence-electron chi connectivity index (χ0n) is 16.4. The number of ether oxygens (including phenoxy) is 1. The maximum Gasteiger partial charge on any atom is 0.408 e. The van der Waals surface area contributed by atoms with E-state index in [0.717, 1.165) is 16.9 Å². The summed E-state index contributed by atoms with van der Waals surface area (Å²) in [4.78, 5) is 11.7. The standard InChI is InChI=1S/C22H27NO3/c1-21(2,3)17-12-11-16(18(15-17)19-10-8-14-25-19)9-7-13-23-20(24)26-22(4,5)6/h8,10-12,14-15H,13H2,1-6H3,(H,23,24). The number of hydrogen-bond acceptors (Lipinski definition) is 3. The molecule has 26 heavy (non-hydrogen) atoms. The number of rotatable bonds is 2. The highest BCUT2D eigenvalue weighted by Crippen LogP contribution is 2.30. The van der Waals surface area contributed by atoms with Gasteiger partial charge in [0.1, 0.15) is 11.4 Å². The Morgan fingerprint density at radius 3 is 2.46 bits per heavy atom. The Labute approximate surface area is 155 Å². The molecular weight excluding hydrogens is 326 g/mol. The van der Waals surface area contributed by atoms with Crippen molar-refractivity contribution >= 4 is 6.09 Å². The van der Waals surface area contributed by atoms with E-state index in [1.807, 2.05) is 39.0 Å². The van der Waals surface area contributed by atoms with Crippen molar-refractivity contribution in [2.75, 3.05) is 6.54 Å². The topological polar surface area (TPSA) is 51.5 Å². The van der Waals surface area contributed by atoms with E-state index in [2.05, 4.69) is 50.1 Å². The van der Waals surface area contributed by atoms with Crippen molar-refractivity contribution in [1.29, 1.82) is 0 Å². The van der Waals surface area contributed by atoms with Crippen LogP contribution in [0, 0.1) is 11.8 Å². The van der Waals surface area contributed by atoms with Gasteiger partial charge in [-0.1, -0.05) is 38.7 Å². The normalized spacial score (nSPS) is 11.5. The molecule has 2 aromatic rings. The first kappa shape index (κ1) is 19.7.